The van der Waals surface area contributed by atoms with E-state index in [1.807, 2.05) is 0 Å². The third-order valence-corrected chi connectivity index (χ3v) is 3.05. The standard InChI is InChI=1S/C13H13F3N2O3/c1-7(6-19)5-18-10-3-2-8(11(20)21)4-9(10)17-12(18)13(14,15)16/h2-4,7,19H,5-6H2,1H3,(H,20,21). The number of aromatic carboxylic acids is 1. The highest BCUT2D eigenvalue weighted by atomic mass is 19.4. The fourth-order valence-corrected chi connectivity index (χ4v) is 2.03. The third-order valence-electron chi connectivity index (χ3n) is 3.05. The number of alkyl halides is 3. The van der Waals surface area contributed by atoms with Gasteiger partial charge in [-0.2, -0.15) is 13.2 Å². The Morgan fingerprint density at radius 2 is 2.10 bits per heavy atom. The highest BCUT2D eigenvalue weighted by Crippen LogP contribution is 2.32. The Balaban J connectivity index is 2.64. The minimum absolute atomic E-state index is 0.0348. The zero-order valence-electron chi connectivity index (χ0n) is 11.1. The molecule has 0 aliphatic heterocycles. The maximum atomic E-state index is 13.0. The van der Waals surface area contributed by atoms with Crippen LogP contribution in [0.2, 0.25) is 0 Å². The second-order valence-corrected chi connectivity index (χ2v) is 4.84. The van der Waals surface area contributed by atoms with Crippen LogP contribution in [0.3, 0.4) is 0 Å². The Bertz CT molecular complexity index is 679. The van der Waals surface area contributed by atoms with Crippen LogP contribution in [0.15, 0.2) is 18.2 Å². The molecule has 0 aliphatic rings. The number of aliphatic hydroxyl groups is 1. The number of halogens is 3. The molecule has 5 nitrogen and oxygen atoms in total. The largest absolute Gasteiger partial charge is 0.478 e. The maximum absolute atomic E-state index is 13.0. The van der Waals surface area contributed by atoms with E-state index in [1.54, 1.807) is 6.92 Å². The number of carboxylic acid groups (broad SMARTS) is 1. The number of benzene rings is 1. The van der Waals surface area contributed by atoms with Crippen LogP contribution in [0.25, 0.3) is 11.0 Å². The van der Waals surface area contributed by atoms with Crippen LogP contribution >= 0.6 is 0 Å². The van der Waals surface area contributed by atoms with E-state index < -0.39 is 18.0 Å². The number of imidazole rings is 1. The lowest BCUT2D eigenvalue weighted by Gasteiger charge is -2.14. The van der Waals surface area contributed by atoms with Gasteiger partial charge in [-0.05, 0) is 24.1 Å². The van der Waals surface area contributed by atoms with Gasteiger partial charge in [-0.25, -0.2) is 9.78 Å². The van der Waals surface area contributed by atoms with E-state index in [2.05, 4.69) is 4.98 Å². The van der Waals surface area contributed by atoms with E-state index in [4.69, 9.17) is 10.2 Å². The van der Waals surface area contributed by atoms with Gasteiger partial charge in [0.25, 0.3) is 0 Å². The number of fused-ring (bicyclic) bond motifs is 1. The van der Waals surface area contributed by atoms with E-state index in [0.717, 1.165) is 10.6 Å². The molecule has 0 radical (unpaired) electrons. The number of aliphatic hydroxyl groups excluding tert-OH is 1. The van der Waals surface area contributed by atoms with E-state index >= 15 is 0 Å². The maximum Gasteiger partial charge on any atom is 0.449 e. The molecule has 1 heterocycles. The highest BCUT2D eigenvalue weighted by Gasteiger charge is 2.37. The molecule has 0 saturated carbocycles. The van der Waals surface area contributed by atoms with Gasteiger partial charge >= 0.3 is 12.1 Å². The number of carboxylic acids is 1. The smallest absolute Gasteiger partial charge is 0.449 e. The molecule has 1 atom stereocenters. The highest BCUT2D eigenvalue weighted by molar-refractivity contribution is 5.92. The quantitative estimate of drug-likeness (QED) is 0.909. The molecule has 0 spiro atoms. The van der Waals surface area contributed by atoms with Crippen LogP contribution in [-0.4, -0.2) is 32.3 Å². The Kier molecular flexibility index (Phi) is 3.91. The van der Waals surface area contributed by atoms with E-state index in [0.29, 0.717) is 0 Å². The molecule has 2 rings (SSSR count). The van der Waals surface area contributed by atoms with Crippen molar-refractivity contribution in [1.29, 1.82) is 0 Å². The Hall–Kier alpha value is -2.09. The zero-order valence-corrected chi connectivity index (χ0v) is 11.1. The topological polar surface area (TPSA) is 75.3 Å². The lowest BCUT2D eigenvalue weighted by molar-refractivity contribution is -0.147. The molecule has 0 aliphatic carbocycles. The van der Waals surface area contributed by atoms with Gasteiger partial charge in [-0.1, -0.05) is 6.92 Å². The van der Waals surface area contributed by atoms with Gasteiger partial charge in [0, 0.05) is 13.2 Å². The molecule has 1 unspecified atom stereocenters. The predicted octanol–water partition coefficient (Wildman–Crippen LogP) is 2.38. The van der Waals surface area contributed by atoms with Crippen molar-refractivity contribution < 1.29 is 28.2 Å². The molecule has 0 fully saturated rings. The number of hydrogen-bond donors (Lipinski definition) is 2. The summed E-state index contributed by atoms with van der Waals surface area (Å²) in [6, 6.07) is 3.63. The molecule has 8 heteroatoms. The fourth-order valence-electron chi connectivity index (χ4n) is 2.03. The molecule has 1 aromatic heterocycles. The molecule has 21 heavy (non-hydrogen) atoms. The summed E-state index contributed by atoms with van der Waals surface area (Å²) in [6.07, 6.45) is -4.66. The molecule has 0 amide bonds. The minimum Gasteiger partial charge on any atom is -0.478 e. The van der Waals surface area contributed by atoms with Crippen molar-refractivity contribution in [2.75, 3.05) is 6.61 Å². The van der Waals surface area contributed by atoms with Gasteiger partial charge in [-0.3, -0.25) is 0 Å². The monoisotopic (exact) mass is 302 g/mol. The summed E-state index contributed by atoms with van der Waals surface area (Å²) in [5.41, 5.74) is 0.0241. The van der Waals surface area contributed by atoms with Gasteiger partial charge in [0.1, 0.15) is 0 Å². The SMILES string of the molecule is CC(CO)Cn1c(C(F)(F)F)nc2cc(C(=O)O)ccc21. The van der Waals surface area contributed by atoms with Gasteiger partial charge in [-0.15, -0.1) is 0 Å². The Morgan fingerprint density at radius 1 is 1.43 bits per heavy atom. The minimum atomic E-state index is -4.66. The summed E-state index contributed by atoms with van der Waals surface area (Å²) in [5.74, 6) is -2.72. The summed E-state index contributed by atoms with van der Waals surface area (Å²) in [5, 5.41) is 17.9. The van der Waals surface area contributed by atoms with Crippen molar-refractivity contribution in [2.24, 2.45) is 5.92 Å². The number of hydrogen-bond acceptors (Lipinski definition) is 3. The van der Waals surface area contributed by atoms with Crippen LogP contribution < -0.4 is 0 Å². The van der Waals surface area contributed by atoms with Crippen molar-refractivity contribution in [1.82, 2.24) is 9.55 Å². The second kappa shape index (κ2) is 5.36. The van der Waals surface area contributed by atoms with Crippen molar-refractivity contribution in [3.05, 3.63) is 29.6 Å². The summed E-state index contributed by atoms with van der Waals surface area (Å²) in [4.78, 5) is 14.4. The first-order valence-corrected chi connectivity index (χ1v) is 6.15. The van der Waals surface area contributed by atoms with Crippen LogP contribution in [0.5, 0.6) is 0 Å². The zero-order chi connectivity index (χ0) is 15.8. The number of rotatable bonds is 4. The molecular formula is C13H13F3N2O3. The Labute approximate surface area is 117 Å². The van der Waals surface area contributed by atoms with Gasteiger partial charge < -0.3 is 14.8 Å². The summed E-state index contributed by atoms with van der Waals surface area (Å²) in [6.45, 7) is 1.29. The van der Waals surface area contributed by atoms with E-state index in [-0.39, 0.29) is 35.7 Å². The summed E-state index contributed by atoms with van der Waals surface area (Å²) in [7, 11) is 0. The third kappa shape index (κ3) is 2.99. The van der Waals surface area contributed by atoms with Gasteiger partial charge in [0.15, 0.2) is 0 Å². The van der Waals surface area contributed by atoms with Crippen molar-refractivity contribution >= 4 is 17.0 Å². The van der Waals surface area contributed by atoms with Gasteiger partial charge in [0.05, 0.1) is 16.6 Å². The Morgan fingerprint density at radius 3 is 2.62 bits per heavy atom. The van der Waals surface area contributed by atoms with Crippen LogP contribution in [0, 0.1) is 5.92 Å². The first kappa shape index (κ1) is 15.3. The fraction of sp³-hybridized carbons (Fsp3) is 0.385. The second-order valence-electron chi connectivity index (χ2n) is 4.84. The average Bonchev–Trinajstić information content (AvgIpc) is 2.76. The van der Waals surface area contributed by atoms with Gasteiger partial charge in [0.2, 0.25) is 5.82 Å². The van der Waals surface area contributed by atoms with E-state index in [9.17, 15) is 18.0 Å². The molecule has 114 valence electrons. The molecule has 1 aromatic carbocycles. The van der Waals surface area contributed by atoms with Crippen LogP contribution in [0.4, 0.5) is 13.2 Å². The average molecular weight is 302 g/mol. The molecule has 2 aromatic rings. The first-order valence-electron chi connectivity index (χ1n) is 6.15. The first-order chi connectivity index (χ1) is 9.74. The molecular weight excluding hydrogens is 289 g/mol. The lowest BCUT2D eigenvalue weighted by atomic mass is 10.1. The number of aromatic nitrogens is 2. The van der Waals surface area contributed by atoms with Crippen molar-refractivity contribution in [3.8, 4) is 0 Å². The molecule has 0 saturated heterocycles. The lowest BCUT2D eigenvalue weighted by Crippen LogP contribution is -2.19. The van der Waals surface area contributed by atoms with E-state index in [1.165, 1.54) is 12.1 Å². The van der Waals surface area contributed by atoms with Crippen molar-refractivity contribution in [2.45, 2.75) is 19.6 Å². The van der Waals surface area contributed by atoms with Crippen molar-refractivity contribution in [3.63, 3.8) is 0 Å². The predicted molar refractivity (Wildman–Crippen MR) is 67.9 cm³/mol. The van der Waals surface area contributed by atoms with Crippen LogP contribution in [0.1, 0.15) is 23.1 Å². The summed E-state index contributed by atoms with van der Waals surface area (Å²) >= 11 is 0. The summed E-state index contributed by atoms with van der Waals surface area (Å²) < 4.78 is 40.1. The van der Waals surface area contributed by atoms with Crippen LogP contribution in [-0.2, 0) is 12.7 Å². The number of nitrogens with zero attached hydrogens (tertiary/aromatic N) is 2. The molecule has 0 bridgehead atoms. The number of carbonyl (C=O) groups is 1. The molecule has 2 N–H and O–H groups in total. The normalized spacial score (nSPS) is 13.6.